The van der Waals surface area contributed by atoms with Crippen LogP contribution in [-0.4, -0.2) is 26.4 Å². The molecule has 3 aromatic rings. The van der Waals surface area contributed by atoms with Crippen LogP contribution in [-0.2, 0) is 10.0 Å². The van der Waals surface area contributed by atoms with Crippen LogP contribution in [0.2, 0.25) is 5.02 Å². The molecule has 0 unspecified atom stereocenters. The number of thiazole rings is 1. The van der Waals surface area contributed by atoms with Crippen LogP contribution in [0.4, 0.5) is 10.8 Å². The van der Waals surface area contributed by atoms with E-state index >= 15 is 0 Å². The summed E-state index contributed by atoms with van der Waals surface area (Å²) in [5.74, 6) is 0.128. The first-order valence-corrected chi connectivity index (χ1v) is 11.1. The van der Waals surface area contributed by atoms with Crippen molar-refractivity contribution in [3.8, 4) is 5.75 Å². The summed E-state index contributed by atoms with van der Waals surface area (Å²) in [7, 11) is -2.33. The molecule has 0 radical (unpaired) electrons. The molecular weight excluding hydrogens is 434 g/mol. The minimum atomic E-state index is -3.85. The van der Waals surface area contributed by atoms with Gasteiger partial charge in [0.2, 0.25) is 0 Å². The van der Waals surface area contributed by atoms with Gasteiger partial charge in [0.15, 0.2) is 5.13 Å². The van der Waals surface area contributed by atoms with E-state index in [4.69, 9.17) is 16.3 Å². The Morgan fingerprint density at radius 3 is 2.48 bits per heavy atom. The van der Waals surface area contributed by atoms with Crippen molar-refractivity contribution in [2.24, 2.45) is 0 Å². The van der Waals surface area contributed by atoms with Gasteiger partial charge in [-0.2, -0.15) is 0 Å². The zero-order valence-corrected chi connectivity index (χ0v) is 18.2. The topological polar surface area (TPSA) is 97.4 Å². The largest absolute Gasteiger partial charge is 0.495 e. The Labute approximate surface area is 177 Å². The summed E-state index contributed by atoms with van der Waals surface area (Å²) < 4.78 is 32.7. The normalized spacial score (nSPS) is 11.2. The maximum absolute atomic E-state index is 12.7. The average Bonchev–Trinajstić information content (AvgIpc) is 3.03. The summed E-state index contributed by atoms with van der Waals surface area (Å²) in [6.45, 7) is 3.55. The number of halogens is 1. The van der Waals surface area contributed by atoms with Crippen molar-refractivity contribution >= 4 is 49.7 Å². The van der Waals surface area contributed by atoms with Gasteiger partial charge in [0.1, 0.15) is 10.6 Å². The SMILES string of the molecule is COc1cc(C)ccc1NC(=O)c1sc(NS(=O)(=O)c2ccc(Cl)cc2)nc1C. The number of aryl methyl sites for hydroxylation is 2. The Balaban J connectivity index is 1.81. The van der Waals surface area contributed by atoms with E-state index in [0.29, 0.717) is 27.0 Å². The quantitative estimate of drug-likeness (QED) is 0.576. The molecule has 0 saturated carbocycles. The first kappa shape index (κ1) is 21.1. The van der Waals surface area contributed by atoms with Crippen molar-refractivity contribution in [3.05, 3.63) is 63.6 Å². The number of ether oxygens (including phenoxy) is 1. The van der Waals surface area contributed by atoms with Crippen LogP contribution >= 0.6 is 22.9 Å². The molecule has 0 atom stereocenters. The van der Waals surface area contributed by atoms with E-state index in [2.05, 4.69) is 15.0 Å². The molecule has 0 bridgehead atoms. The number of hydrogen-bond donors (Lipinski definition) is 2. The van der Waals surface area contributed by atoms with Crippen LogP contribution in [0.5, 0.6) is 5.75 Å². The monoisotopic (exact) mass is 451 g/mol. The zero-order chi connectivity index (χ0) is 21.2. The average molecular weight is 452 g/mol. The van der Waals surface area contributed by atoms with Crippen molar-refractivity contribution < 1.29 is 17.9 Å². The molecule has 10 heteroatoms. The summed E-state index contributed by atoms with van der Waals surface area (Å²) in [6.07, 6.45) is 0. The van der Waals surface area contributed by atoms with Crippen molar-refractivity contribution in [1.82, 2.24) is 4.98 Å². The molecule has 1 amide bonds. The van der Waals surface area contributed by atoms with E-state index in [1.165, 1.54) is 31.4 Å². The van der Waals surface area contributed by atoms with Gasteiger partial charge in [-0.15, -0.1) is 0 Å². The molecule has 3 rings (SSSR count). The highest BCUT2D eigenvalue weighted by atomic mass is 35.5. The van der Waals surface area contributed by atoms with E-state index in [1.807, 2.05) is 13.0 Å². The molecular formula is C19H18ClN3O4S2. The lowest BCUT2D eigenvalue weighted by Gasteiger charge is -2.10. The molecule has 2 aromatic carbocycles. The molecule has 0 aliphatic carbocycles. The van der Waals surface area contributed by atoms with E-state index in [9.17, 15) is 13.2 Å². The lowest BCUT2D eigenvalue weighted by Crippen LogP contribution is -2.12. The summed E-state index contributed by atoms with van der Waals surface area (Å²) in [5.41, 5.74) is 1.92. The van der Waals surface area contributed by atoms with Gasteiger partial charge >= 0.3 is 0 Å². The predicted octanol–water partition coefficient (Wildman–Crippen LogP) is 4.48. The molecule has 7 nitrogen and oxygen atoms in total. The van der Waals surface area contributed by atoms with Crippen LogP contribution in [0.15, 0.2) is 47.4 Å². The number of nitrogens with one attached hydrogen (secondary N) is 2. The third-order valence-electron chi connectivity index (χ3n) is 3.95. The molecule has 1 aromatic heterocycles. The standard InChI is InChI=1S/C19H18ClN3O4S2/c1-11-4-9-15(16(10-11)27-3)22-18(24)17-12(2)21-19(28-17)23-29(25,26)14-7-5-13(20)6-8-14/h4-10H,1-3H3,(H,21,23)(H,22,24). The summed E-state index contributed by atoms with van der Waals surface area (Å²) in [4.78, 5) is 17.2. The van der Waals surface area contributed by atoms with Crippen LogP contribution in [0, 0.1) is 13.8 Å². The van der Waals surface area contributed by atoms with Crippen LogP contribution in [0.3, 0.4) is 0 Å². The first-order valence-electron chi connectivity index (χ1n) is 8.41. The van der Waals surface area contributed by atoms with Gasteiger partial charge in [-0.1, -0.05) is 29.0 Å². The van der Waals surface area contributed by atoms with Gasteiger partial charge in [0.25, 0.3) is 15.9 Å². The van der Waals surface area contributed by atoms with Crippen LogP contribution in [0.25, 0.3) is 0 Å². The highest BCUT2D eigenvalue weighted by Crippen LogP contribution is 2.29. The van der Waals surface area contributed by atoms with E-state index in [0.717, 1.165) is 16.9 Å². The van der Waals surface area contributed by atoms with Gasteiger partial charge in [0, 0.05) is 5.02 Å². The zero-order valence-electron chi connectivity index (χ0n) is 15.8. The van der Waals surface area contributed by atoms with Crippen molar-refractivity contribution in [3.63, 3.8) is 0 Å². The van der Waals surface area contributed by atoms with Gasteiger partial charge in [-0.25, -0.2) is 13.4 Å². The third-order valence-corrected chi connectivity index (χ3v) is 6.76. The number of nitrogens with zero attached hydrogens (tertiary/aromatic N) is 1. The minimum Gasteiger partial charge on any atom is -0.495 e. The summed E-state index contributed by atoms with van der Waals surface area (Å²) >= 11 is 6.75. The summed E-state index contributed by atoms with van der Waals surface area (Å²) in [6, 6.07) is 11.1. The predicted molar refractivity (Wildman–Crippen MR) is 115 cm³/mol. The van der Waals surface area contributed by atoms with Crippen molar-refractivity contribution in [2.75, 3.05) is 17.1 Å². The number of methoxy groups -OCH3 is 1. The number of amides is 1. The molecule has 1 heterocycles. The Morgan fingerprint density at radius 1 is 1.14 bits per heavy atom. The van der Waals surface area contributed by atoms with E-state index < -0.39 is 15.9 Å². The number of benzene rings is 2. The molecule has 0 saturated heterocycles. The van der Waals surface area contributed by atoms with Gasteiger partial charge < -0.3 is 10.1 Å². The van der Waals surface area contributed by atoms with Crippen LogP contribution in [0.1, 0.15) is 20.9 Å². The molecule has 0 fully saturated rings. The first-order chi connectivity index (χ1) is 13.7. The fourth-order valence-corrected chi connectivity index (χ4v) is 4.74. The molecule has 0 spiro atoms. The number of carbonyl (C=O) groups is 1. The van der Waals surface area contributed by atoms with Crippen molar-refractivity contribution in [1.29, 1.82) is 0 Å². The number of anilines is 2. The maximum Gasteiger partial charge on any atom is 0.267 e. The molecule has 0 aliphatic rings. The second-order valence-corrected chi connectivity index (χ2v) is 9.27. The number of aromatic nitrogens is 1. The maximum atomic E-state index is 12.7. The summed E-state index contributed by atoms with van der Waals surface area (Å²) in [5, 5.41) is 3.30. The lowest BCUT2D eigenvalue weighted by atomic mass is 10.2. The van der Waals surface area contributed by atoms with Gasteiger partial charge in [-0.3, -0.25) is 9.52 Å². The molecule has 29 heavy (non-hydrogen) atoms. The number of rotatable bonds is 6. The second-order valence-electron chi connectivity index (χ2n) is 6.15. The number of hydrogen-bond acceptors (Lipinski definition) is 6. The smallest absolute Gasteiger partial charge is 0.267 e. The Morgan fingerprint density at radius 2 is 1.83 bits per heavy atom. The molecule has 0 aliphatic heterocycles. The Bertz CT molecular complexity index is 1160. The Hall–Kier alpha value is -2.62. The van der Waals surface area contributed by atoms with E-state index in [-0.39, 0.29) is 10.0 Å². The number of carbonyl (C=O) groups excluding carboxylic acids is 1. The highest BCUT2D eigenvalue weighted by molar-refractivity contribution is 7.93. The molecule has 152 valence electrons. The van der Waals surface area contributed by atoms with Gasteiger partial charge in [-0.05, 0) is 55.8 Å². The van der Waals surface area contributed by atoms with Crippen molar-refractivity contribution in [2.45, 2.75) is 18.7 Å². The lowest BCUT2D eigenvalue weighted by molar-refractivity contribution is 0.102. The van der Waals surface area contributed by atoms with E-state index in [1.54, 1.807) is 19.1 Å². The fraction of sp³-hybridized carbons (Fsp3) is 0.158. The van der Waals surface area contributed by atoms with Gasteiger partial charge in [0.05, 0.1) is 23.4 Å². The Kier molecular flexibility index (Phi) is 6.11. The third kappa shape index (κ3) is 4.87. The van der Waals surface area contributed by atoms with Crippen LogP contribution < -0.4 is 14.8 Å². The fourth-order valence-electron chi connectivity index (χ4n) is 2.52. The second kappa shape index (κ2) is 8.40. The minimum absolute atomic E-state index is 0.0464. The number of sulfonamides is 1. The highest BCUT2D eigenvalue weighted by Gasteiger charge is 2.21. The molecule has 2 N–H and O–H groups in total.